The molecule has 0 bridgehead atoms. The minimum atomic E-state index is -0.298. The maximum Gasteiger partial charge on any atom is 0.324 e. The number of piperidine rings is 1. The van der Waals surface area contributed by atoms with Gasteiger partial charge >= 0.3 is 6.01 Å². The van der Waals surface area contributed by atoms with Crippen LogP contribution in [0.15, 0.2) is 27.6 Å². The Balaban J connectivity index is 1.47. The quantitative estimate of drug-likeness (QED) is 0.554. The molecule has 1 aliphatic heterocycles. The molecule has 6 nitrogen and oxygen atoms in total. The number of hydrogen-bond acceptors (Lipinski definition) is 7. The van der Waals surface area contributed by atoms with Crippen LogP contribution in [0.1, 0.15) is 45.4 Å². The fourth-order valence-electron chi connectivity index (χ4n) is 3.61. The lowest BCUT2D eigenvalue weighted by Gasteiger charge is -2.37. The molecule has 0 unspecified atom stereocenters. The summed E-state index contributed by atoms with van der Waals surface area (Å²) in [4.78, 5) is 9.99. The van der Waals surface area contributed by atoms with Gasteiger partial charge < -0.3 is 14.2 Å². The van der Waals surface area contributed by atoms with Gasteiger partial charge in [0.25, 0.3) is 0 Å². The molecule has 0 amide bonds. The average Bonchev–Trinajstić information content (AvgIpc) is 3.23. The first-order valence-electron chi connectivity index (χ1n) is 10.3. The summed E-state index contributed by atoms with van der Waals surface area (Å²) < 4.78 is 25.2. The highest BCUT2D eigenvalue weighted by atomic mass is 32.2. The number of ether oxygens (including phenoxy) is 1. The summed E-state index contributed by atoms with van der Waals surface area (Å²) in [5.41, 5.74) is 0. The molecule has 2 aromatic rings. The van der Waals surface area contributed by atoms with Crippen molar-refractivity contribution in [1.82, 2.24) is 15.0 Å². The van der Waals surface area contributed by atoms with Gasteiger partial charge in [0.15, 0.2) is 17.4 Å². The fraction of sp³-hybridized carbons (Fsp3) is 0.619. The molecule has 1 fully saturated rings. The maximum absolute atomic E-state index is 14.1. The molecule has 0 spiro atoms. The smallest absolute Gasteiger partial charge is 0.324 e. The van der Waals surface area contributed by atoms with Crippen molar-refractivity contribution in [2.75, 3.05) is 43.9 Å². The molecule has 0 atom stereocenters. The molecule has 0 radical (unpaired) electrons. The Hall–Kier alpha value is -1.80. The number of benzene rings is 1. The predicted octanol–water partition coefficient (Wildman–Crippen LogP) is 4.42. The Bertz CT molecular complexity index is 778. The lowest BCUT2D eigenvalue weighted by Crippen LogP contribution is -2.46. The second-order valence-corrected chi connectivity index (χ2v) is 8.46. The van der Waals surface area contributed by atoms with Crippen LogP contribution < -0.4 is 9.64 Å². The number of hydrogen-bond donors (Lipinski definition) is 0. The zero-order valence-corrected chi connectivity index (χ0v) is 18.5. The number of thioether (sulfide) groups is 1. The largest absolute Gasteiger partial charge is 0.489 e. The minimum absolute atomic E-state index is 0.266. The highest BCUT2D eigenvalue weighted by Crippen LogP contribution is 2.25. The van der Waals surface area contributed by atoms with E-state index in [1.165, 1.54) is 17.8 Å². The Labute approximate surface area is 176 Å². The van der Waals surface area contributed by atoms with E-state index in [2.05, 4.69) is 40.7 Å². The van der Waals surface area contributed by atoms with Crippen LogP contribution in [-0.2, 0) is 0 Å². The lowest BCUT2D eigenvalue weighted by molar-refractivity contribution is 0.143. The average molecular weight is 423 g/mol. The summed E-state index contributed by atoms with van der Waals surface area (Å²) in [6.07, 6.45) is 4.00. The van der Waals surface area contributed by atoms with Crippen LogP contribution >= 0.6 is 11.8 Å². The van der Waals surface area contributed by atoms with Crippen molar-refractivity contribution < 1.29 is 13.7 Å². The first-order chi connectivity index (χ1) is 14.0. The third-order valence-electron chi connectivity index (χ3n) is 5.38. The Morgan fingerprint density at radius 3 is 2.69 bits per heavy atom. The summed E-state index contributed by atoms with van der Waals surface area (Å²) in [6, 6.07) is 6.23. The van der Waals surface area contributed by atoms with Crippen LogP contribution in [0, 0.1) is 5.82 Å². The normalized spacial score (nSPS) is 15.5. The van der Waals surface area contributed by atoms with Crippen LogP contribution in [0.4, 0.5) is 10.4 Å². The second-order valence-electron chi connectivity index (χ2n) is 7.58. The summed E-state index contributed by atoms with van der Waals surface area (Å²) in [5.74, 6) is 1.05. The van der Waals surface area contributed by atoms with Crippen molar-refractivity contribution in [3.05, 3.63) is 29.8 Å². The lowest BCUT2D eigenvalue weighted by atomic mass is 10.0. The molecule has 0 aliphatic carbocycles. The second kappa shape index (κ2) is 10.3. The third-order valence-corrected chi connectivity index (χ3v) is 6.11. The molecule has 2 heterocycles. The van der Waals surface area contributed by atoms with Crippen LogP contribution in [0.25, 0.3) is 0 Å². The van der Waals surface area contributed by atoms with Crippen molar-refractivity contribution in [3.63, 3.8) is 0 Å². The first-order valence-corrected chi connectivity index (χ1v) is 11.5. The van der Waals surface area contributed by atoms with E-state index < -0.39 is 0 Å². The van der Waals surface area contributed by atoms with Gasteiger partial charge in [0.05, 0.1) is 0 Å². The third kappa shape index (κ3) is 5.63. The van der Waals surface area contributed by atoms with Crippen molar-refractivity contribution in [1.29, 1.82) is 0 Å². The van der Waals surface area contributed by atoms with E-state index in [1.807, 2.05) is 12.3 Å². The molecule has 1 aromatic carbocycles. The Kier molecular flexibility index (Phi) is 7.77. The number of halogens is 1. The fourth-order valence-corrected chi connectivity index (χ4v) is 4.03. The molecule has 1 saturated heterocycles. The van der Waals surface area contributed by atoms with E-state index in [0.29, 0.717) is 24.4 Å². The molecule has 1 aromatic heterocycles. The Morgan fingerprint density at radius 1 is 1.34 bits per heavy atom. The van der Waals surface area contributed by atoms with E-state index in [1.54, 1.807) is 6.07 Å². The van der Waals surface area contributed by atoms with Gasteiger partial charge in [0, 0.05) is 36.5 Å². The zero-order valence-electron chi connectivity index (χ0n) is 17.7. The molecule has 160 valence electrons. The van der Waals surface area contributed by atoms with E-state index in [9.17, 15) is 4.39 Å². The SMILES string of the molecule is CCN(CCOc1ccc(SC)cc1F)C1CCN(c2nc(C(C)C)no2)CC1. The summed E-state index contributed by atoms with van der Waals surface area (Å²) in [5, 5.41) is 4.06. The summed E-state index contributed by atoms with van der Waals surface area (Å²) in [7, 11) is 0. The highest BCUT2D eigenvalue weighted by Gasteiger charge is 2.26. The van der Waals surface area contributed by atoms with Crippen molar-refractivity contribution in [2.45, 2.75) is 50.5 Å². The monoisotopic (exact) mass is 422 g/mol. The van der Waals surface area contributed by atoms with Crippen molar-refractivity contribution in [3.8, 4) is 5.75 Å². The highest BCUT2D eigenvalue weighted by molar-refractivity contribution is 7.98. The van der Waals surface area contributed by atoms with Gasteiger partial charge in [-0.2, -0.15) is 4.98 Å². The molecule has 0 N–H and O–H groups in total. The van der Waals surface area contributed by atoms with Gasteiger partial charge in [0.1, 0.15) is 6.61 Å². The molecule has 1 aliphatic rings. The molecule has 3 rings (SSSR count). The van der Waals surface area contributed by atoms with Gasteiger partial charge in [-0.15, -0.1) is 11.8 Å². The number of nitrogens with zero attached hydrogens (tertiary/aromatic N) is 4. The van der Waals surface area contributed by atoms with Crippen LogP contribution in [0.3, 0.4) is 0 Å². The standard InChI is InChI=1S/C21H31FN4O2S/c1-5-25(12-13-27-19-7-6-17(29-4)14-18(19)22)16-8-10-26(11-9-16)21-23-20(15(2)3)24-28-21/h6-7,14-16H,5,8-13H2,1-4H3. The molecule has 8 heteroatoms. The number of likely N-dealkylation sites (N-methyl/N-ethyl adjacent to an activating group) is 1. The number of aromatic nitrogens is 2. The minimum Gasteiger partial charge on any atom is -0.489 e. The van der Waals surface area contributed by atoms with Crippen molar-refractivity contribution in [2.24, 2.45) is 0 Å². The summed E-state index contributed by atoms with van der Waals surface area (Å²) in [6.45, 7) is 10.3. The zero-order chi connectivity index (χ0) is 20.8. The summed E-state index contributed by atoms with van der Waals surface area (Å²) >= 11 is 1.52. The van der Waals surface area contributed by atoms with Gasteiger partial charge in [-0.05, 0) is 43.8 Å². The van der Waals surface area contributed by atoms with Crippen LogP contribution in [0.2, 0.25) is 0 Å². The van der Waals surface area contributed by atoms with Gasteiger partial charge in [0.2, 0.25) is 0 Å². The molecular weight excluding hydrogens is 391 g/mol. The topological polar surface area (TPSA) is 54.6 Å². The van der Waals surface area contributed by atoms with Crippen molar-refractivity contribution >= 4 is 17.8 Å². The first kappa shape index (κ1) is 21.9. The van der Waals surface area contributed by atoms with E-state index >= 15 is 0 Å². The van der Waals surface area contributed by atoms with Gasteiger partial charge in [-0.1, -0.05) is 25.9 Å². The van der Waals surface area contributed by atoms with Gasteiger partial charge in [-0.3, -0.25) is 4.90 Å². The molecule has 29 heavy (non-hydrogen) atoms. The maximum atomic E-state index is 14.1. The van der Waals surface area contributed by atoms with Gasteiger partial charge in [-0.25, -0.2) is 4.39 Å². The number of anilines is 1. The predicted molar refractivity (Wildman–Crippen MR) is 115 cm³/mol. The van der Waals surface area contributed by atoms with Crippen LogP contribution in [0.5, 0.6) is 5.75 Å². The van der Waals surface area contributed by atoms with E-state index in [4.69, 9.17) is 9.26 Å². The van der Waals surface area contributed by atoms with E-state index in [-0.39, 0.29) is 11.7 Å². The van der Waals surface area contributed by atoms with E-state index in [0.717, 1.165) is 49.7 Å². The molecular formula is C21H31FN4O2S. The molecule has 0 saturated carbocycles. The van der Waals surface area contributed by atoms with Crippen LogP contribution in [-0.4, -0.2) is 60.1 Å². The Morgan fingerprint density at radius 2 is 2.10 bits per heavy atom. The number of rotatable bonds is 9.